The largest absolute Gasteiger partial charge is 0.460 e. The number of esters is 1. The summed E-state index contributed by atoms with van der Waals surface area (Å²) in [6.07, 6.45) is 0. The minimum absolute atomic E-state index is 0.0314. The molecule has 2 N–H and O–H groups in total. The van der Waals surface area contributed by atoms with Crippen LogP contribution in [0.3, 0.4) is 0 Å². The van der Waals surface area contributed by atoms with Gasteiger partial charge in [-0.3, -0.25) is 9.35 Å². The standard InChI is InChI=1S/C26H37NO6S/c1-18-9-8-10-22(13-18)33-23-12-11-19(14-20(23)16-32-24(28)25(2,3)4)21(17-34(29,30)31)15-27-26(5,6)7/h8-14,21,27H,15-17H2,1-7H3,(H,29,30,31). The molecule has 0 aliphatic carbocycles. The van der Waals surface area contributed by atoms with E-state index in [-0.39, 0.29) is 18.1 Å². The van der Waals surface area contributed by atoms with E-state index in [1.807, 2.05) is 52.0 Å². The second-order valence-corrected chi connectivity index (χ2v) is 12.2. The quantitative estimate of drug-likeness (QED) is 0.365. The molecule has 1 unspecified atom stereocenters. The molecule has 0 radical (unpaired) electrons. The van der Waals surface area contributed by atoms with Crippen molar-refractivity contribution < 1.29 is 27.2 Å². The lowest BCUT2D eigenvalue weighted by Gasteiger charge is -2.26. The van der Waals surface area contributed by atoms with Gasteiger partial charge in [-0.2, -0.15) is 8.42 Å². The first-order valence-electron chi connectivity index (χ1n) is 11.3. The van der Waals surface area contributed by atoms with Gasteiger partial charge in [0.15, 0.2) is 0 Å². The van der Waals surface area contributed by atoms with Crippen molar-refractivity contribution in [3.8, 4) is 11.5 Å². The fraction of sp³-hybridized carbons (Fsp3) is 0.500. The number of ether oxygens (including phenoxy) is 2. The first-order chi connectivity index (χ1) is 15.5. The van der Waals surface area contributed by atoms with Gasteiger partial charge in [0, 0.05) is 23.6 Å². The molecule has 0 saturated heterocycles. The Labute approximate surface area is 203 Å². The number of nitrogens with one attached hydrogen (secondary N) is 1. The van der Waals surface area contributed by atoms with E-state index in [2.05, 4.69) is 5.32 Å². The van der Waals surface area contributed by atoms with Gasteiger partial charge >= 0.3 is 5.97 Å². The minimum Gasteiger partial charge on any atom is -0.460 e. The van der Waals surface area contributed by atoms with Gasteiger partial charge in [0.05, 0.1) is 11.2 Å². The Morgan fingerprint density at radius 3 is 2.29 bits per heavy atom. The van der Waals surface area contributed by atoms with Crippen LogP contribution in [0, 0.1) is 12.3 Å². The highest BCUT2D eigenvalue weighted by atomic mass is 32.2. The molecule has 8 heteroatoms. The third kappa shape index (κ3) is 9.44. The molecule has 0 saturated carbocycles. The molecular formula is C26H37NO6S. The van der Waals surface area contributed by atoms with Crippen LogP contribution in [0.4, 0.5) is 0 Å². The van der Waals surface area contributed by atoms with Crippen LogP contribution >= 0.6 is 0 Å². The van der Waals surface area contributed by atoms with Crippen molar-refractivity contribution >= 4 is 16.1 Å². The Balaban J connectivity index is 2.43. The molecule has 0 bridgehead atoms. The Morgan fingerprint density at radius 2 is 1.74 bits per heavy atom. The minimum atomic E-state index is -4.22. The molecule has 188 valence electrons. The number of hydrogen-bond donors (Lipinski definition) is 2. The van der Waals surface area contributed by atoms with E-state index < -0.39 is 27.2 Å². The van der Waals surface area contributed by atoms with Crippen LogP contribution in [0.15, 0.2) is 42.5 Å². The first-order valence-corrected chi connectivity index (χ1v) is 12.9. The summed E-state index contributed by atoms with van der Waals surface area (Å²) in [5.41, 5.74) is 1.42. The molecule has 1 atom stereocenters. The highest BCUT2D eigenvalue weighted by Gasteiger charge is 2.25. The van der Waals surface area contributed by atoms with Gasteiger partial charge in [0.1, 0.15) is 18.1 Å². The van der Waals surface area contributed by atoms with Crippen molar-refractivity contribution in [2.45, 2.75) is 66.5 Å². The van der Waals surface area contributed by atoms with Gasteiger partial charge in [-0.15, -0.1) is 0 Å². The maximum Gasteiger partial charge on any atom is 0.311 e. The highest BCUT2D eigenvalue weighted by molar-refractivity contribution is 7.85. The smallest absolute Gasteiger partial charge is 0.311 e. The van der Waals surface area contributed by atoms with Gasteiger partial charge in [0.25, 0.3) is 10.1 Å². The van der Waals surface area contributed by atoms with Crippen LogP contribution in [0.2, 0.25) is 0 Å². The fourth-order valence-electron chi connectivity index (χ4n) is 3.19. The van der Waals surface area contributed by atoms with E-state index in [0.717, 1.165) is 5.56 Å². The van der Waals surface area contributed by atoms with E-state index in [0.29, 0.717) is 29.2 Å². The second kappa shape index (κ2) is 10.9. The molecule has 0 aliphatic heterocycles. The molecule has 0 aromatic heterocycles. The summed E-state index contributed by atoms with van der Waals surface area (Å²) in [5, 5.41) is 3.30. The topological polar surface area (TPSA) is 102 Å². The van der Waals surface area contributed by atoms with Crippen LogP contribution in [-0.2, 0) is 26.3 Å². The summed E-state index contributed by atoms with van der Waals surface area (Å²) in [6.45, 7) is 13.5. The van der Waals surface area contributed by atoms with E-state index in [1.54, 1.807) is 39.0 Å². The Hall–Kier alpha value is -2.42. The zero-order chi connectivity index (χ0) is 25.7. The van der Waals surface area contributed by atoms with E-state index in [1.165, 1.54) is 0 Å². The lowest BCUT2D eigenvalue weighted by Crippen LogP contribution is -2.39. The van der Waals surface area contributed by atoms with Crippen LogP contribution in [-0.4, -0.2) is 36.8 Å². The van der Waals surface area contributed by atoms with Crippen molar-refractivity contribution in [2.24, 2.45) is 5.41 Å². The van der Waals surface area contributed by atoms with Gasteiger partial charge in [-0.1, -0.05) is 18.2 Å². The Bertz CT molecular complexity index is 1100. The Morgan fingerprint density at radius 1 is 1.06 bits per heavy atom. The summed E-state index contributed by atoms with van der Waals surface area (Å²) in [7, 11) is -4.22. The van der Waals surface area contributed by atoms with Gasteiger partial charge in [-0.05, 0) is 83.9 Å². The molecule has 2 aromatic rings. The fourth-order valence-corrected chi connectivity index (χ4v) is 4.01. The zero-order valence-electron chi connectivity index (χ0n) is 21.1. The van der Waals surface area contributed by atoms with Crippen molar-refractivity contribution in [3.05, 3.63) is 59.2 Å². The lowest BCUT2D eigenvalue weighted by atomic mass is 9.96. The normalized spacial score (nSPS) is 13.4. The van der Waals surface area contributed by atoms with Crippen LogP contribution in [0.25, 0.3) is 0 Å². The average molecular weight is 492 g/mol. The third-order valence-electron chi connectivity index (χ3n) is 5.04. The molecule has 2 aromatic carbocycles. The first kappa shape index (κ1) is 27.8. The molecule has 7 nitrogen and oxygen atoms in total. The zero-order valence-corrected chi connectivity index (χ0v) is 22.0. The van der Waals surface area contributed by atoms with E-state index in [4.69, 9.17) is 9.47 Å². The van der Waals surface area contributed by atoms with E-state index >= 15 is 0 Å². The number of benzene rings is 2. The molecule has 34 heavy (non-hydrogen) atoms. The number of rotatable bonds is 9. The maximum atomic E-state index is 12.4. The van der Waals surface area contributed by atoms with Crippen LogP contribution < -0.4 is 10.1 Å². The summed E-state index contributed by atoms with van der Waals surface area (Å²) in [6, 6.07) is 12.9. The molecule has 0 fully saturated rings. The summed E-state index contributed by atoms with van der Waals surface area (Å²) < 4.78 is 44.6. The number of carbonyl (C=O) groups excluding carboxylic acids is 1. The summed E-state index contributed by atoms with van der Waals surface area (Å²) in [5.74, 6) is -0.164. The Kier molecular flexibility index (Phi) is 8.91. The molecular weight excluding hydrogens is 454 g/mol. The van der Waals surface area contributed by atoms with Crippen molar-refractivity contribution in [1.29, 1.82) is 0 Å². The van der Waals surface area contributed by atoms with E-state index in [9.17, 15) is 17.8 Å². The lowest BCUT2D eigenvalue weighted by molar-refractivity contribution is -0.154. The monoisotopic (exact) mass is 491 g/mol. The molecule has 2 rings (SSSR count). The van der Waals surface area contributed by atoms with Gasteiger partial charge in [0.2, 0.25) is 0 Å². The number of carbonyl (C=O) groups is 1. The number of hydrogen-bond acceptors (Lipinski definition) is 6. The van der Waals surface area contributed by atoms with Crippen molar-refractivity contribution in [3.63, 3.8) is 0 Å². The van der Waals surface area contributed by atoms with Gasteiger partial charge in [-0.25, -0.2) is 0 Å². The third-order valence-corrected chi connectivity index (χ3v) is 5.86. The predicted molar refractivity (Wildman–Crippen MR) is 134 cm³/mol. The van der Waals surface area contributed by atoms with Gasteiger partial charge < -0.3 is 14.8 Å². The van der Waals surface area contributed by atoms with Crippen molar-refractivity contribution in [2.75, 3.05) is 12.3 Å². The SMILES string of the molecule is Cc1cccc(Oc2ccc(C(CNC(C)(C)C)CS(=O)(=O)O)cc2COC(=O)C(C)(C)C)c1. The molecule has 0 heterocycles. The second-order valence-electron chi connectivity index (χ2n) is 10.7. The summed E-state index contributed by atoms with van der Waals surface area (Å²) in [4.78, 5) is 12.4. The maximum absolute atomic E-state index is 12.4. The highest BCUT2D eigenvalue weighted by Crippen LogP contribution is 2.31. The van der Waals surface area contributed by atoms with Crippen LogP contribution in [0.5, 0.6) is 11.5 Å². The average Bonchev–Trinajstić information content (AvgIpc) is 2.68. The summed E-state index contributed by atoms with van der Waals surface area (Å²) >= 11 is 0. The van der Waals surface area contributed by atoms with Crippen LogP contribution in [0.1, 0.15) is 64.2 Å². The molecule has 0 spiro atoms. The predicted octanol–water partition coefficient (Wildman–Crippen LogP) is 5.24. The molecule has 0 aliphatic rings. The van der Waals surface area contributed by atoms with Crippen molar-refractivity contribution in [1.82, 2.24) is 5.32 Å². The number of aryl methyl sites for hydroxylation is 1. The molecule has 0 amide bonds.